The van der Waals surface area contributed by atoms with Crippen LogP contribution in [0, 0.1) is 13.8 Å². The Morgan fingerprint density at radius 1 is 0.545 bits per heavy atom. The zero-order valence-electron chi connectivity index (χ0n) is 30.9. The minimum atomic E-state index is 0. The third-order valence-electron chi connectivity index (χ3n) is 7.66. The molecule has 0 fully saturated rings. The maximum atomic E-state index is 3.61. The summed E-state index contributed by atoms with van der Waals surface area (Å²) in [5.74, 6) is 2.94. The molecule has 0 saturated heterocycles. The van der Waals surface area contributed by atoms with E-state index >= 15 is 0 Å². The summed E-state index contributed by atoms with van der Waals surface area (Å²) in [6.07, 6.45) is 10.4. The molecule has 2 rings (SSSR count). The van der Waals surface area contributed by atoms with Crippen molar-refractivity contribution in [2.45, 2.75) is 130 Å². The Morgan fingerprint density at radius 2 is 0.773 bits per heavy atom. The molecule has 0 heterocycles. The number of nitrogens with zero attached hydrogens (tertiary/aromatic N) is 2. The van der Waals surface area contributed by atoms with Gasteiger partial charge in [-0.3, -0.25) is 0 Å². The van der Waals surface area contributed by atoms with E-state index in [0.717, 1.165) is 36.8 Å². The van der Waals surface area contributed by atoms with Crippen LogP contribution in [0.15, 0.2) is 36.4 Å². The molecule has 44 heavy (non-hydrogen) atoms. The molecule has 0 aliphatic heterocycles. The Kier molecular flexibility index (Phi) is 47.2. The van der Waals surface area contributed by atoms with Gasteiger partial charge in [-0.1, -0.05) is 106 Å². The second-order valence-electron chi connectivity index (χ2n) is 12.3. The van der Waals surface area contributed by atoms with Gasteiger partial charge in [0.25, 0.3) is 0 Å². The third kappa shape index (κ3) is 28.8. The van der Waals surface area contributed by atoms with Crippen molar-refractivity contribution in [3.63, 3.8) is 0 Å². The van der Waals surface area contributed by atoms with Crippen molar-refractivity contribution in [2.24, 2.45) is 0 Å². The van der Waals surface area contributed by atoms with Gasteiger partial charge in [-0.15, -0.1) is 13.1 Å². The molecular weight excluding hydrogens is 651 g/mol. The van der Waals surface area contributed by atoms with Gasteiger partial charge in [0.05, 0.1) is 0 Å². The van der Waals surface area contributed by atoms with Crippen LogP contribution >= 0.6 is 0 Å². The molecule has 4 atom stereocenters. The van der Waals surface area contributed by atoms with E-state index in [9.17, 15) is 0 Å². The van der Waals surface area contributed by atoms with E-state index in [1.165, 1.54) is 73.6 Å². The van der Waals surface area contributed by atoms with Crippen LogP contribution in [0.4, 0.5) is 0 Å². The zero-order valence-corrected chi connectivity index (χ0v) is 35.5. The van der Waals surface area contributed by atoms with Crippen molar-refractivity contribution in [1.29, 1.82) is 0 Å². The molecule has 0 N–H and O–H groups in total. The maximum Gasteiger partial charge on any atom is 3.00 e. The van der Waals surface area contributed by atoms with Gasteiger partial charge in [0.1, 0.15) is 0 Å². The largest absolute Gasteiger partial charge is 3.00 e. The molecule has 0 saturated carbocycles. The van der Waals surface area contributed by atoms with Gasteiger partial charge in [-0.05, 0) is 52.9 Å². The van der Waals surface area contributed by atoms with E-state index in [1.807, 2.05) is 38.0 Å². The van der Waals surface area contributed by atoms with Crippen molar-refractivity contribution in [3.05, 3.63) is 72.5 Å². The minimum absolute atomic E-state index is 0. The van der Waals surface area contributed by atoms with E-state index in [4.69, 9.17) is 0 Å². The average Bonchev–Trinajstić information content (AvgIpc) is 3.61. The third-order valence-corrected chi connectivity index (χ3v) is 7.66. The van der Waals surface area contributed by atoms with Crippen LogP contribution in [-0.2, 0) is 43.4 Å². The number of halogens is 2. The predicted octanol–water partition coefficient (Wildman–Crippen LogP) is 5.19. The van der Waals surface area contributed by atoms with Crippen LogP contribution in [0.5, 0.6) is 0 Å². The van der Waals surface area contributed by atoms with Crippen LogP contribution in [0.3, 0.4) is 0 Å². The normalized spacial score (nSPS) is 12.5. The van der Waals surface area contributed by atoms with Crippen LogP contribution in [0.2, 0.25) is 0 Å². The number of rotatable bonds is 14. The average molecular weight is 722 g/mol. The molecule has 0 aromatic heterocycles. The summed E-state index contributed by atoms with van der Waals surface area (Å²) in [5.41, 5.74) is 6.15. The van der Waals surface area contributed by atoms with Gasteiger partial charge in [0, 0.05) is 0 Å². The summed E-state index contributed by atoms with van der Waals surface area (Å²) in [7, 11) is 7.97. The minimum Gasteiger partial charge on any atom is -1.00 e. The Bertz CT molecular complexity index is 685. The first-order valence-corrected chi connectivity index (χ1v) is 16.3. The van der Waals surface area contributed by atoms with E-state index in [1.54, 1.807) is 0 Å². The molecule has 2 aromatic rings. The summed E-state index contributed by atoms with van der Waals surface area (Å²) in [6.45, 7) is 27.4. The summed E-state index contributed by atoms with van der Waals surface area (Å²) >= 11 is 0. The molecule has 4 unspecified atom stereocenters. The smallest absolute Gasteiger partial charge is 1.00 e. The summed E-state index contributed by atoms with van der Waals surface area (Å²) in [6, 6.07) is 14.1. The molecular formula is C38H70Cl2N2Ti2. The SMILES string of the molecule is CCCC(C)c1c[cH-]c(C(C)CCC)c1.CCCC(C)c1c[cH-]c(C(C)CCC)c1.[CH2-]CN(C)C.[CH2-]CN(C)C.[Cl-].[Cl-].[Ti+3].[Ti+3]. The number of hydrogen-bond donors (Lipinski definition) is 0. The molecule has 0 amide bonds. The Hall–Kier alpha value is 0.629. The summed E-state index contributed by atoms with van der Waals surface area (Å²) in [4.78, 5) is 4.03. The van der Waals surface area contributed by atoms with Crippen molar-refractivity contribution in [3.8, 4) is 0 Å². The topological polar surface area (TPSA) is 6.48 Å². The molecule has 2 radical (unpaired) electrons. The fourth-order valence-electron chi connectivity index (χ4n) is 4.59. The monoisotopic (exact) mass is 720 g/mol. The van der Waals surface area contributed by atoms with Gasteiger partial charge in [0.15, 0.2) is 0 Å². The molecule has 254 valence electrons. The van der Waals surface area contributed by atoms with Crippen LogP contribution < -0.4 is 24.8 Å². The zero-order chi connectivity index (χ0) is 31.1. The van der Waals surface area contributed by atoms with Crippen molar-refractivity contribution >= 4 is 0 Å². The Labute approximate surface area is 320 Å². The van der Waals surface area contributed by atoms with E-state index in [-0.39, 0.29) is 68.2 Å². The van der Waals surface area contributed by atoms with Crippen molar-refractivity contribution < 1.29 is 68.2 Å². The molecule has 2 nitrogen and oxygen atoms in total. The fraction of sp³-hybridized carbons (Fsp3) is 0.684. The quantitative estimate of drug-likeness (QED) is 0.196. The first-order chi connectivity index (χ1) is 18.9. The molecule has 0 spiro atoms. The summed E-state index contributed by atoms with van der Waals surface area (Å²) in [5, 5.41) is 0. The predicted molar refractivity (Wildman–Crippen MR) is 185 cm³/mol. The first-order valence-electron chi connectivity index (χ1n) is 16.3. The Morgan fingerprint density at radius 3 is 0.977 bits per heavy atom. The molecule has 0 aliphatic carbocycles. The standard InChI is InChI=1S/2C15H25.2C4H10N.2ClH.2Ti/c2*1-5-7-12(3)14-9-10-15(11-14)13(4)8-6-2;2*1-4-5(2)3;;;;/h2*9-13H,5-8H2,1-4H3;2*1,4H2,2-3H3;2*1H;;/q4*-1;;;2*+3/p-2. The maximum absolute atomic E-state index is 3.61. The van der Waals surface area contributed by atoms with Gasteiger partial charge in [-0.25, -0.2) is 12.1 Å². The summed E-state index contributed by atoms with van der Waals surface area (Å²) < 4.78 is 0. The molecule has 6 heteroatoms. The first kappa shape index (κ1) is 56.9. The van der Waals surface area contributed by atoms with Crippen LogP contribution in [-0.4, -0.2) is 51.1 Å². The van der Waals surface area contributed by atoms with E-state index in [2.05, 4.69) is 106 Å². The number of hydrogen-bond acceptors (Lipinski definition) is 2. The van der Waals surface area contributed by atoms with Gasteiger partial charge < -0.3 is 48.5 Å². The molecule has 0 aliphatic rings. The van der Waals surface area contributed by atoms with Crippen LogP contribution in [0.1, 0.15) is 153 Å². The van der Waals surface area contributed by atoms with E-state index < -0.39 is 0 Å². The van der Waals surface area contributed by atoms with Gasteiger partial charge in [0.2, 0.25) is 0 Å². The second kappa shape index (κ2) is 36.5. The fourth-order valence-corrected chi connectivity index (χ4v) is 4.59. The van der Waals surface area contributed by atoms with Crippen LogP contribution in [0.25, 0.3) is 0 Å². The molecule has 0 bridgehead atoms. The molecule has 2 aromatic carbocycles. The Balaban J connectivity index is -0.000000118. The van der Waals surface area contributed by atoms with Gasteiger partial charge >= 0.3 is 43.4 Å². The van der Waals surface area contributed by atoms with Gasteiger partial charge in [-0.2, -0.15) is 46.5 Å². The second-order valence-corrected chi connectivity index (χ2v) is 12.3. The van der Waals surface area contributed by atoms with Crippen molar-refractivity contribution in [1.82, 2.24) is 9.80 Å². The van der Waals surface area contributed by atoms with E-state index in [0.29, 0.717) is 0 Å². The van der Waals surface area contributed by atoms with Crippen molar-refractivity contribution in [2.75, 3.05) is 41.3 Å².